The van der Waals surface area contributed by atoms with Crippen molar-refractivity contribution in [3.63, 3.8) is 0 Å². The predicted octanol–water partition coefficient (Wildman–Crippen LogP) is 1.69. The summed E-state index contributed by atoms with van der Waals surface area (Å²) in [5.41, 5.74) is 1.16. The van der Waals surface area contributed by atoms with Crippen LogP contribution in [0.1, 0.15) is 23.2 Å². The SMILES string of the molecule is COCCN(C)C(=O)Nc1cccc(C(=O)NC2CC2)c1. The fraction of sp³-hybridized carbons (Fsp3) is 0.467. The van der Waals surface area contributed by atoms with Gasteiger partial charge < -0.3 is 20.3 Å². The van der Waals surface area contributed by atoms with E-state index in [-0.39, 0.29) is 11.9 Å². The first-order valence-electron chi connectivity index (χ1n) is 7.02. The first kappa shape index (κ1) is 15.3. The van der Waals surface area contributed by atoms with Crippen LogP contribution in [0, 0.1) is 0 Å². The van der Waals surface area contributed by atoms with E-state index in [1.807, 2.05) is 0 Å². The van der Waals surface area contributed by atoms with Crippen molar-refractivity contribution in [1.29, 1.82) is 0 Å². The van der Waals surface area contributed by atoms with E-state index in [0.29, 0.717) is 30.4 Å². The second-order valence-electron chi connectivity index (χ2n) is 5.17. The number of methoxy groups -OCH3 is 1. The van der Waals surface area contributed by atoms with Crippen LogP contribution in [0.15, 0.2) is 24.3 Å². The van der Waals surface area contributed by atoms with Gasteiger partial charge in [-0.2, -0.15) is 0 Å². The topological polar surface area (TPSA) is 70.7 Å². The average molecular weight is 291 g/mol. The Bertz CT molecular complexity index is 515. The molecule has 0 atom stereocenters. The molecule has 0 radical (unpaired) electrons. The molecule has 0 spiro atoms. The molecule has 0 aromatic heterocycles. The lowest BCUT2D eigenvalue weighted by Gasteiger charge is -2.17. The maximum atomic E-state index is 12.0. The van der Waals surface area contributed by atoms with Gasteiger partial charge in [0.15, 0.2) is 0 Å². The van der Waals surface area contributed by atoms with E-state index in [4.69, 9.17) is 4.74 Å². The Labute approximate surface area is 124 Å². The highest BCUT2D eigenvalue weighted by atomic mass is 16.5. The van der Waals surface area contributed by atoms with Crippen LogP contribution in [-0.4, -0.2) is 50.2 Å². The fourth-order valence-corrected chi connectivity index (χ4v) is 1.78. The maximum Gasteiger partial charge on any atom is 0.321 e. The lowest BCUT2D eigenvalue weighted by Crippen LogP contribution is -2.34. The van der Waals surface area contributed by atoms with Gasteiger partial charge in [0.2, 0.25) is 0 Å². The molecule has 21 heavy (non-hydrogen) atoms. The molecular formula is C15H21N3O3. The molecule has 0 saturated heterocycles. The highest BCUT2D eigenvalue weighted by molar-refractivity contribution is 5.97. The zero-order chi connectivity index (χ0) is 15.2. The summed E-state index contributed by atoms with van der Waals surface area (Å²) < 4.78 is 4.93. The third-order valence-electron chi connectivity index (χ3n) is 3.27. The Morgan fingerprint density at radius 1 is 1.38 bits per heavy atom. The van der Waals surface area contributed by atoms with Gasteiger partial charge in [-0.3, -0.25) is 4.79 Å². The van der Waals surface area contributed by atoms with Gasteiger partial charge in [0, 0.05) is 38.0 Å². The number of urea groups is 1. The molecule has 1 aromatic rings. The van der Waals surface area contributed by atoms with Crippen LogP contribution in [0.2, 0.25) is 0 Å². The molecule has 0 bridgehead atoms. The number of ether oxygens (including phenoxy) is 1. The molecule has 1 aliphatic carbocycles. The summed E-state index contributed by atoms with van der Waals surface area (Å²) in [6.07, 6.45) is 2.10. The van der Waals surface area contributed by atoms with E-state index < -0.39 is 0 Å². The smallest absolute Gasteiger partial charge is 0.321 e. The van der Waals surface area contributed by atoms with Gasteiger partial charge in [0.1, 0.15) is 0 Å². The number of amides is 3. The number of carbonyl (C=O) groups excluding carboxylic acids is 2. The molecule has 1 aromatic carbocycles. The van der Waals surface area contributed by atoms with Crippen LogP contribution in [0.5, 0.6) is 0 Å². The van der Waals surface area contributed by atoms with Crippen molar-refractivity contribution in [2.45, 2.75) is 18.9 Å². The van der Waals surface area contributed by atoms with Gasteiger partial charge in [-0.25, -0.2) is 4.79 Å². The molecule has 2 N–H and O–H groups in total. The Kier molecular flexibility index (Phi) is 5.16. The minimum atomic E-state index is -0.230. The van der Waals surface area contributed by atoms with Crippen LogP contribution in [0.25, 0.3) is 0 Å². The number of rotatable bonds is 6. The third-order valence-corrected chi connectivity index (χ3v) is 3.27. The summed E-state index contributed by atoms with van der Waals surface area (Å²) in [6, 6.07) is 7.02. The van der Waals surface area contributed by atoms with Gasteiger partial charge in [-0.05, 0) is 31.0 Å². The van der Waals surface area contributed by atoms with E-state index >= 15 is 0 Å². The van der Waals surface area contributed by atoms with Gasteiger partial charge in [0.25, 0.3) is 5.91 Å². The number of benzene rings is 1. The predicted molar refractivity (Wildman–Crippen MR) is 80.5 cm³/mol. The van der Waals surface area contributed by atoms with Crippen molar-refractivity contribution in [1.82, 2.24) is 10.2 Å². The lowest BCUT2D eigenvalue weighted by atomic mass is 10.2. The highest BCUT2D eigenvalue weighted by Gasteiger charge is 2.23. The first-order chi connectivity index (χ1) is 10.1. The van der Waals surface area contributed by atoms with Gasteiger partial charge in [-0.1, -0.05) is 6.07 Å². The van der Waals surface area contributed by atoms with Crippen LogP contribution in [0.4, 0.5) is 10.5 Å². The van der Waals surface area contributed by atoms with Crippen molar-refractivity contribution in [2.75, 3.05) is 32.6 Å². The number of hydrogen-bond donors (Lipinski definition) is 2. The molecule has 2 rings (SSSR count). The lowest BCUT2D eigenvalue weighted by molar-refractivity contribution is 0.0951. The Morgan fingerprint density at radius 3 is 2.81 bits per heavy atom. The molecule has 1 saturated carbocycles. The molecular weight excluding hydrogens is 270 g/mol. The largest absolute Gasteiger partial charge is 0.383 e. The van der Waals surface area contributed by atoms with Crippen molar-refractivity contribution in [2.24, 2.45) is 0 Å². The molecule has 3 amide bonds. The fourth-order valence-electron chi connectivity index (χ4n) is 1.78. The number of hydrogen-bond acceptors (Lipinski definition) is 3. The van der Waals surface area contributed by atoms with Gasteiger partial charge in [-0.15, -0.1) is 0 Å². The normalized spacial score (nSPS) is 13.6. The number of likely N-dealkylation sites (N-methyl/N-ethyl adjacent to an activating group) is 1. The zero-order valence-corrected chi connectivity index (χ0v) is 12.4. The Hall–Kier alpha value is -2.08. The van der Waals surface area contributed by atoms with Gasteiger partial charge >= 0.3 is 6.03 Å². The monoisotopic (exact) mass is 291 g/mol. The summed E-state index contributed by atoms with van der Waals surface area (Å²) in [4.78, 5) is 25.4. The second-order valence-corrected chi connectivity index (χ2v) is 5.17. The Morgan fingerprint density at radius 2 is 2.14 bits per heavy atom. The maximum absolute atomic E-state index is 12.0. The molecule has 1 fully saturated rings. The quantitative estimate of drug-likeness (QED) is 0.838. The number of nitrogens with zero attached hydrogens (tertiary/aromatic N) is 1. The van der Waals surface area contributed by atoms with E-state index in [9.17, 15) is 9.59 Å². The van der Waals surface area contributed by atoms with E-state index in [2.05, 4.69) is 10.6 Å². The van der Waals surface area contributed by atoms with Crippen molar-refractivity contribution in [3.05, 3.63) is 29.8 Å². The third kappa shape index (κ3) is 4.75. The summed E-state index contributed by atoms with van der Waals surface area (Å²) in [7, 11) is 3.28. The van der Waals surface area contributed by atoms with Crippen LogP contribution >= 0.6 is 0 Å². The average Bonchev–Trinajstić information content (AvgIpc) is 3.28. The first-order valence-corrected chi connectivity index (χ1v) is 7.02. The number of nitrogens with one attached hydrogen (secondary N) is 2. The van der Waals surface area contributed by atoms with Crippen LogP contribution in [0.3, 0.4) is 0 Å². The van der Waals surface area contributed by atoms with Crippen molar-refractivity contribution in [3.8, 4) is 0 Å². The minimum Gasteiger partial charge on any atom is -0.383 e. The molecule has 0 heterocycles. The zero-order valence-electron chi connectivity index (χ0n) is 12.4. The number of anilines is 1. The molecule has 0 aliphatic heterocycles. The molecule has 1 aliphatic rings. The van der Waals surface area contributed by atoms with E-state index in [0.717, 1.165) is 12.8 Å². The van der Waals surface area contributed by atoms with Crippen molar-refractivity contribution >= 4 is 17.6 Å². The van der Waals surface area contributed by atoms with Crippen molar-refractivity contribution < 1.29 is 14.3 Å². The molecule has 114 valence electrons. The Balaban J connectivity index is 1.93. The summed E-state index contributed by atoms with van der Waals surface area (Å²) in [6.45, 7) is 0.984. The minimum absolute atomic E-state index is 0.0960. The highest BCUT2D eigenvalue weighted by Crippen LogP contribution is 2.20. The second kappa shape index (κ2) is 7.08. The molecule has 0 unspecified atom stereocenters. The summed E-state index contributed by atoms with van der Waals surface area (Å²) in [5, 5.41) is 5.69. The van der Waals surface area contributed by atoms with E-state index in [1.165, 1.54) is 4.90 Å². The van der Waals surface area contributed by atoms with Crippen LogP contribution < -0.4 is 10.6 Å². The number of carbonyl (C=O) groups is 2. The molecule has 6 heteroatoms. The van der Waals surface area contributed by atoms with Gasteiger partial charge in [0.05, 0.1) is 6.61 Å². The standard InChI is InChI=1S/C15H21N3O3/c1-18(8-9-21-2)15(20)17-13-5-3-4-11(10-13)14(19)16-12-6-7-12/h3-5,10,12H,6-9H2,1-2H3,(H,16,19)(H,17,20). The van der Waals surface area contributed by atoms with Crippen LogP contribution in [-0.2, 0) is 4.74 Å². The summed E-state index contributed by atoms with van der Waals surface area (Å²) >= 11 is 0. The molecule has 6 nitrogen and oxygen atoms in total. The summed E-state index contributed by atoms with van der Waals surface area (Å²) in [5.74, 6) is -0.0960. The van der Waals surface area contributed by atoms with E-state index in [1.54, 1.807) is 38.4 Å².